The van der Waals surface area contributed by atoms with Gasteiger partial charge in [0.05, 0.1) is 22.0 Å². The number of halogens is 5. The molecule has 4 rings (SSSR count). The predicted molar refractivity (Wildman–Crippen MR) is 128 cm³/mol. The second-order valence-electron chi connectivity index (χ2n) is 7.89. The van der Waals surface area contributed by atoms with Gasteiger partial charge < -0.3 is 4.84 Å². The van der Waals surface area contributed by atoms with E-state index in [4.69, 9.17) is 28.0 Å². The number of alkyl halides is 3. The molecule has 1 aliphatic heterocycles. The zero-order valence-electron chi connectivity index (χ0n) is 17.9. The zero-order chi connectivity index (χ0) is 24.6. The van der Waals surface area contributed by atoms with Crippen molar-refractivity contribution >= 4 is 38.6 Å². The number of nitrogens with zero attached hydrogens (tertiary/aromatic N) is 2. The van der Waals surface area contributed by atoms with Gasteiger partial charge in [-0.15, -0.1) is 0 Å². The molecular weight excluding hydrogens is 508 g/mol. The summed E-state index contributed by atoms with van der Waals surface area (Å²) in [5, 5.41) is 3.90. The fourth-order valence-electron chi connectivity index (χ4n) is 3.59. The molecule has 178 valence electrons. The fraction of sp³-hybridized carbons (Fsp3) is 0.208. The first kappa shape index (κ1) is 24.6. The van der Waals surface area contributed by atoms with Crippen LogP contribution in [0.5, 0.6) is 0 Å². The van der Waals surface area contributed by atoms with E-state index in [-0.39, 0.29) is 27.9 Å². The molecule has 0 aliphatic carbocycles. The maximum Gasteiger partial charge on any atom is 0.435 e. The molecule has 0 saturated heterocycles. The Morgan fingerprint density at radius 3 is 2.24 bits per heavy atom. The standard InChI is InChI=1S/C24H19Cl2F3N2O2S/c1-34(32,21-5-3-2-4-6-21)30-15-16-7-9-17(10-8-16)22-14-23(33-31-22,24(27,28)29)18-11-19(25)13-20(26)12-18/h2-13H,14-15H2,1H3. The third kappa shape index (κ3) is 4.94. The summed E-state index contributed by atoms with van der Waals surface area (Å²) in [5.41, 5.74) is -1.53. The molecule has 4 nitrogen and oxygen atoms in total. The molecule has 0 amide bonds. The van der Waals surface area contributed by atoms with E-state index in [1.165, 1.54) is 18.2 Å². The maximum atomic E-state index is 14.1. The Morgan fingerprint density at radius 1 is 1.03 bits per heavy atom. The minimum atomic E-state index is -4.76. The number of hydrogen-bond donors (Lipinski definition) is 0. The monoisotopic (exact) mass is 526 g/mol. The molecular formula is C24H19Cl2F3N2O2S. The molecule has 0 saturated carbocycles. The largest absolute Gasteiger partial charge is 0.435 e. The molecule has 0 N–H and O–H groups in total. The highest BCUT2D eigenvalue weighted by molar-refractivity contribution is 7.93. The van der Waals surface area contributed by atoms with E-state index in [1.54, 1.807) is 54.8 Å². The highest BCUT2D eigenvalue weighted by Crippen LogP contribution is 2.49. The average Bonchev–Trinajstić information content (AvgIpc) is 3.25. The van der Waals surface area contributed by atoms with Gasteiger partial charge in [0.15, 0.2) is 0 Å². The lowest BCUT2D eigenvalue weighted by Crippen LogP contribution is -2.42. The molecule has 34 heavy (non-hydrogen) atoms. The molecule has 10 heteroatoms. The van der Waals surface area contributed by atoms with Crippen LogP contribution in [0.4, 0.5) is 13.2 Å². The van der Waals surface area contributed by atoms with Crippen molar-refractivity contribution in [1.29, 1.82) is 0 Å². The summed E-state index contributed by atoms with van der Waals surface area (Å²) in [5.74, 6) is 0. The number of benzene rings is 3. The van der Waals surface area contributed by atoms with Crippen LogP contribution in [0.1, 0.15) is 23.1 Å². The fourth-order valence-corrected chi connectivity index (χ4v) is 5.33. The van der Waals surface area contributed by atoms with Gasteiger partial charge in [-0.3, -0.25) is 0 Å². The maximum absolute atomic E-state index is 14.1. The van der Waals surface area contributed by atoms with Crippen molar-refractivity contribution in [2.75, 3.05) is 6.26 Å². The van der Waals surface area contributed by atoms with Crippen molar-refractivity contribution in [3.8, 4) is 0 Å². The topological polar surface area (TPSA) is 51.0 Å². The summed E-state index contributed by atoms with van der Waals surface area (Å²) < 4.78 is 59.6. The minimum absolute atomic E-state index is 0.0688. The van der Waals surface area contributed by atoms with Gasteiger partial charge in [-0.1, -0.05) is 70.8 Å². The summed E-state index contributed by atoms with van der Waals surface area (Å²) in [6, 6.07) is 19.4. The van der Waals surface area contributed by atoms with Gasteiger partial charge in [0, 0.05) is 33.2 Å². The van der Waals surface area contributed by atoms with Crippen LogP contribution in [-0.4, -0.2) is 22.4 Å². The number of rotatable bonds is 5. The Bertz CT molecular complexity index is 1330. The predicted octanol–water partition coefficient (Wildman–Crippen LogP) is 7.23. The van der Waals surface area contributed by atoms with Crippen LogP contribution in [-0.2, 0) is 26.7 Å². The molecule has 0 fully saturated rings. The first-order chi connectivity index (χ1) is 16.0. The Labute approximate surface area is 205 Å². The summed E-state index contributed by atoms with van der Waals surface area (Å²) >= 11 is 11.9. The molecule has 2 unspecified atom stereocenters. The second-order valence-corrected chi connectivity index (χ2v) is 11.1. The second kappa shape index (κ2) is 9.24. The third-order valence-electron chi connectivity index (χ3n) is 5.48. The van der Waals surface area contributed by atoms with Gasteiger partial charge in [0.1, 0.15) is 0 Å². The first-order valence-corrected chi connectivity index (χ1v) is 12.8. The van der Waals surface area contributed by atoms with E-state index < -0.39 is 27.9 Å². The molecule has 3 aromatic rings. The van der Waals surface area contributed by atoms with Crippen LogP contribution in [0.3, 0.4) is 0 Å². The lowest BCUT2D eigenvalue weighted by molar-refractivity contribution is -0.275. The molecule has 1 heterocycles. The third-order valence-corrected chi connectivity index (χ3v) is 7.68. The Morgan fingerprint density at radius 2 is 1.65 bits per heavy atom. The van der Waals surface area contributed by atoms with Crippen molar-refractivity contribution in [3.63, 3.8) is 0 Å². The lowest BCUT2D eigenvalue weighted by atomic mass is 9.86. The number of hydrogen-bond acceptors (Lipinski definition) is 4. The van der Waals surface area contributed by atoms with Crippen molar-refractivity contribution in [2.24, 2.45) is 9.52 Å². The van der Waals surface area contributed by atoms with Crippen LogP contribution >= 0.6 is 23.2 Å². The smallest absolute Gasteiger partial charge is 0.374 e. The van der Waals surface area contributed by atoms with Crippen molar-refractivity contribution in [2.45, 2.75) is 29.6 Å². The number of oxime groups is 1. The molecule has 0 radical (unpaired) electrons. The summed E-state index contributed by atoms with van der Waals surface area (Å²) in [6.07, 6.45) is -3.72. The Kier molecular flexibility index (Phi) is 6.68. The van der Waals surface area contributed by atoms with Gasteiger partial charge in [0.25, 0.3) is 5.60 Å². The molecule has 2 atom stereocenters. The molecule has 0 aromatic heterocycles. The lowest BCUT2D eigenvalue weighted by Gasteiger charge is -2.29. The SMILES string of the molecule is CS(=O)(=NCc1ccc(C2=NOC(c3cc(Cl)cc(Cl)c3)(C(F)(F)F)C2)cc1)c1ccccc1. The van der Waals surface area contributed by atoms with Crippen molar-refractivity contribution in [3.05, 3.63) is 99.5 Å². The van der Waals surface area contributed by atoms with Crippen LogP contribution < -0.4 is 0 Å². The van der Waals surface area contributed by atoms with Crippen LogP contribution in [0, 0.1) is 0 Å². The first-order valence-electron chi connectivity index (χ1n) is 10.1. The highest BCUT2D eigenvalue weighted by Gasteiger charge is 2.62. The molecule has 0 bridgehead atoms. The Hall–Kier alpha value is -2.55. The Balaban J connectivity index is 1.56. The van der Waals surface area contributed by atoms with E-state index in [2.05, 4.69) is 9.52 Å². The average molecular weight is 527 g/mol. The molecule has 1 aliphatic rings. The van der Waals surface area contributed by atoms with Gasteiger partial charge in [-0.25, -0.2) is 8.57 Å². The summed E-state index contributed by atoms with van der Waals surface area (Å²) in [6.45, 7) is 0.195. The van der Waals surface area contributed by atoms with Crippen LogP contribution in [0.25, 0.3) is 0 Å². The zero-order valence-corrected chi connectivity index (χ0v) is 20.2. The summed E-state index contributed by atoms with van der Waals surface area (Å²) in [7, 11) is -2.57. The van der Waals surface area contributed by atoms with Crippen LogP contribution in [0.2, 0.25) is 10.0 Å². The van der Waals surface area contributed by atoms with E-state index in [0.717, 1.165) is 5.56 Å². The molecule has 0 spiro atoms. The normalized spacial score (nSPS) is 19.8. The van der Waals surface area contributed by atoms with Gasteiger partial charge in [0.2, 0.25) is 0 Å². The highest BCUT2D eigenvalue weighted by atomic mass is 35.5. The van der Waals surface area contributed by atoms with E-state index in [9.17, 15) is 17.4 Å². The van der Waals surface area contributed by atoms with E-state index in [0.29, 0.717) is 10.5 Å². The quantitative estimate of drug-likeness (QED) is 0.352. The van der Waals surface area contributed by atoms with Gasteiger partial charge >= 0.3 is 6.18 Å². The van der Waals surface area contributed by atoms with E-state index >= 15 is 0 Å². The summed E-state index contributed by atoms with van der Waals surface area (Å²) in [4.78, 5) is 5.66. The minimum Gasteiger partial charge on any atom is -0.374 e. The van der Waals surface area contributed by atoms with Crippen molar-refractivity contribution in [1.82, 2.24) is 0 Å². The van der Waals surface area contributed by atoms with Gasteiger partial charge in [-0.05, 0) is 41.5 Å². The van der Waals surface area contributed by atoms with E-state index in [1.807, 2.05) is 6.07 Å². The van der Waals surface area contributed by atoms with Crippen molar-refractivity contribution < 1.29 is 22.2 Å². The molecule has 3 aromatic carbocycles. The van der Waals surface area contributed by atoms with Gasteiger partial charge in [-0.2, -0.15) is 13.2 Å². The van der Waals surface area contributed by atoms with Crippen LogP contribution in [0.15, 0.2) is 87.2 Å².